The van der Waals surface area contributed by atoms with Crippen molar-refractivity contribution in [2.45, 2.75) is 45.6 Å². The summed E-state index contributed by atoms with van der Waals surface area (Å²) >= 11 is 0. The molecule has 1 N–H and O–H groups in total. The van der Waals surface area contributed by atoms with Crippen LogP contribution in [0.4, 0.5) is 0 Å². The van der Waals surface area contributed by atoms with Gasteiger partial charge in [-0.2, -0.15) is 8.42 Å². The first kappa shape index (κ1) is 17.4. The molecule has 1 rings (SSSR count). The highest BCUT2D eigenvalue weighted by Gasteiger charge is 2.49. The maximum absolute atomic E-state index is 11.2. The van der Waals surface area contributed by atoms with Crippen LogP contribution in [0.5, 0.6) is 0 Å². The minimum Gasteiger partial charge on any atom is -0.481 e. The van der Waals surface area contributed by atoms with Gasteiger partial charge in [0.2, 0.25) is 0 Å². The highest BCUT2D eigenvalue weighted by molar-refractivity contribution is 7.85. The lowest BCUT2D eigenvalue weighted by Gasteiger charge is -2.48. The zero-order chi connectivity index (χ0) is 15.6. The SMILES string of the molecule is CC(C)(C)C1CCCOC1(COS(C)(=O)=O)CC(=O)O. The van der Waals surface area contributed by atoms with Crippen LogP contribution in [-0.2, 0) is 23.8 Å². The molecule has 1 saturated heterocycles. The summed E-state index contributed by atoms with van der Waals surface area (Å²) in [6.45, 7) is 6.18. The van der Waals surface area contributed by atoms with E-state index in [9.17, 15) is 13.2 Å². The molecular formula is C13H24O6S. The van der Waals surface area contributed by atoms with Crippen LogP contribution in [0.2, 0.25) is 0 Å². The number of carboxylic acids is 1. The van der Waals surface area contributed by atoms with Gasteiger partial charge in [-0.1, -0.05) is 20.8 Å². The number of carboxylic acid groups (broad SMARTS) is 1. The average Bonchev–Trinajstić information content (AvgIpc) is 2.24. The lowest BCUT2D eigenvalue weighted by molar-refractivity contribution is -0.181. The summed E-state index contributed by atoms with van der Waals surface area (Å²) in [6, 6.07) is 0. The minimum atomic E-state index is -3.64. The maximum Gasteiger partial charge on any atom is 0.306 e. The molecule has 0 saturated carbocycles. The summed E-state index contributed by atoms with van der Waals surface area (Å²) in [5.74, 6) is -1.10. The van der Waals surface area contributed by atoms with Crippen molar-refractivity contribution in [3.63, 3.8) is 0 Å². The Hall–Kier alpha value is -0.660. The molecule has 0 bridgehead atoms. The fourth-order valence-corrected chi connectivity index (χ4v) is 3.39. The summed E-state index contributed by atoms with van der Waals surface area (Å²) in [6.07, 6.45) is 2.33. The second-order valence-corrected chi connectivity index (χ2v) is 8.15. The first-order valence-electron chi connectivity index (χ1n) is 6.66. The monoisotopic (exact) mass is 308 g/mol. The van der Waals surface area contributed by atoms with Crippen LogP contribution >= 0.6 is 0 Å². The fraction of sp³-hybridized carbons (Fsp3) is 0.923. The zero-order valence-electron chi connectivity index (χ0n) is 12.5. The fourth-order valence-electron chi connectivity index (χ4n) is 2.98. The molecule has 2 unspecified atom stereocenters. The molecule has 0 aromatic rings. The van der Waals surface area contributed by atoms with Gasteiger partial charge in [-0.05, 0) is 24.2 Å². The predicted molar refractivity (Wildman–Crippen MR) is 73.9 cm³/mol. The molecule has 0 aromatic heterocycles. The van der Waals surface area contributed by atoms with E-state index in [1.165, 1.54) is 0 Å². The molecule has 1 fully saturated rings. The van der Waals surface area contributed by atoms with E-state index in [2.05, 4.69) is 0 Å². The van der Waals surface area contributed by atoms with Crippen molar-refractivity contribution in [3.8, 4) is 0 Å². The van der Waals surface area contributed by atoms with E-state index < -0.39 is 21.7 Å². The van der Waals surface area contributed by atoms with Crippen molar-refractivity contribution in [2.24, 2.45) is 11.3 Å². The first-order valence-corrected chi connectivity index (χ1v) is 8.48. The van der Waals surface area contributed by atoms with Crippen molar-refractivity contribution in [3.05, 3.63) is 0 Å². The molecule has 2 atom stereocenters. The Morgan fingerprint density at radius 1 is 1.45 bits per heavy atom. The molecule has 0 amide bonds. The number of aliphatic carboxylic acids is 1. The third-order valence-electron chi connectivity index (χ3n) is 3.67. The molecule has 1 heterocycles. The van der Waals surface area contributed by atoms with Crippen molar-refractivity contribution in [2.75, 3.05) is 19.5 Å². The Balaban J connectivity index is 3.08. The number of hydrogen-bond acceptors (Lipinski definition) is 5. The van der Waals surface area contributed by atoms with Crippen LogP contribution in [0.1, 0.15) is 40.0 Å². The molecule has 1 aliphatic heterocycles. The molecule has 0 spiro atoms. The van der Waals surface area contributed by atoms with Gasteiger partial charge in [0, 0.05) is 6.61 Å². The second kappa shape index (κ2) is 5.99. The lowest BCUT2D eigenvalue weighted by atomic mass is 9.66. The molecule has 6 nitrogen and oxygen atoms in total. The van der Waals surface area contributed by atoms with E-state index in [1.54, 1.807) is 0 Å². The van der Waals surface area contributed by atoms with E-state index in [4.69, 9.17) is 14.0 Å². The molecule has 7 heteroatoms. The van der Waals surface area contributed by atoms with Gasteiger partial charge in [-0.25, -0.2) is 0 Å². The van der Waals surface area contributed by atoms with E-state index in [0.717, 1.165) is 19.1 Å². The van der Waals surface area contributed by atoms with E-state index >= 15 is 0 Å². The Morgan fingerprint density at radius 3 is 2.50 bits per heavy atom. The van der Waals surface area contributed by atoms with Gasteiger partial charge < -0.3 is 9.84 Å². The Bertz CT molecular complexity index is 450. The van der Waals surface area contributed by atoms with Gasteiger partial charge in [0.05, 0.1) is 19.3 Å². The molecular weight excluding hydrogens is 284 g/mol. The van der Waals surface area contributed by atoms with Crippen molar-refractivity contribution >= 4 is 16.1 Å². The number of ether oxygens (including phenoxy) is 1. The number of hydrogen-bond donors (Lipinski definition) is 1. The normalized spacial score (nSPS) is 28.3. The van der Waals surface area contributed by atoms with Crippen molar-refractivity contribution in [1.82, 2.24) is 0 Å². The highest BCUT2D eigenvalue weighted by Crippen LogP contribution is 2.45. The molecule has 0 radical (unpaired) electrons. The summed E-state index contributed by atoms with van der Waals surface area (Å²) in [4.78, 5) is 11.2. The quantitative estimate of drug-likeness (QED) is 0.777. The predicted octanol–water partition coefficient (Wildman–Crippen LogP) is 1.65. The van der Waals surface area contributed by atoms with Crippen molar-refractivity contribution in [1.29, 1.82) is 0 Å². The van der Waals surface area contributed by atoms with Crippen LogP contribution in [0.25, 0.3) is 0 Å². The Labute approximate surface area is 120 Å². The van der Waals surface area contributed by atoms with Gasteiger partial charge in [-0.15, -0.1) is 0 Å². The molecule has 20 heavy (non-hydrogen) atoms. The summed E-state index contributed by atoms with van der Waals surface area (Å²) in [5, 5.41) is 9.16. The summed E-state index contributed by atoms with van der Waals surface area (Å²) < 4.78 is 33.1. The lowest BCUT2D eigenvalue weighted by Crippen LogP contribution is -2.54. The highest BCUT2D eigenvalue weighted by atomic mass is 32.2. The molecule has 118 valence electrons. The van der Waals surface area contributed by atoms with Crippen LogP contribution in [0.15, 0.2) is 0 Å². The molecule has 1 aliphatic rings. The minimum absolute atomic E-state index is 0.0819. The largest absolute Gasteiger partial charge is 0.481 e. The standard InChI is InChI=1S/C13H24O6S/c1-12(2,3)10-6-5-7-18-13(10,8-11(14)15)9-19-20(4,16)17/h10H,5-9H2,1-4H3,(H,14,15). The topological polar surface area (TPSA) is 89.9 Å². The first-order chi connectivity index (χ1) is 8.96. The Morgan fingerprint density at radius 2 is 2.05 bits per heavy atom. The average molecular weight is 308 g/mol. The van der Waals surface area contributed by atoms with Gasteiger partial charge in [0.15, 0.2) is 0 Å². The van der Waals surface area contributed by atoms with E-state index in [0.29, 0.717) is 6.61 Å². The third kappa shape index (κ3) is 4.71. The molecule has 0 aromatic carbocycles. The maximum atomic E-state index is 11.2. The van der Waals surface area contributed by atoms with Gasteiger partial charge >= 0.3 is 5.97 Å². The summed E-state index contributed by atoms with van der Waals surface area (Å²) in [5.41, 5.74) is -1.29. The Kier molecular flexibility index (Phi) is 5.21. The smallest absolute Gasteiger partial charge is 0.306 e. The van der Waals surface area contributed by atoms with E-state index in [-0.39, 0.29) is 24.4 Å². The van der Waals surface area contributed by atoms with Crippen molar-refractivity contribution < 1.29 is 27.2 Å². The second-order valence-electron chi connectivity index (χ2n) is 6.51. The van der Waals surface area contributed by atoms with Gasteiger partial charge in [-0.3, -0.25) is 8.98 Å². The number of carbonyl (C=O) groups is 1. The van der Waals surface area contributed by atoms with Crippen LogP contribution < -0.4 is 0 Å². The van der Waals surface area contributed by atoms with Crippen LogP contribution in [-0.4, -0.2) is 44.6 Å². The molecule has 0 aliphatic carbocycles. The van der Waals surface area contributed by atoms with Gasteiger partial charge in [0.1, 0.15) is 5.60 Å². The van der Waals surface area contributed by atoms with Gasteiger partial charge in [0.25, 0.3) is 10.1 Å². The zero-order valence-corrected chi connectivity index (χ0v) is 13.3. The third-order valence-corrected chi connectivity index (χ3v) is 4.22. The number of rotatable bonds is 5. The van der Waals surface area contributed by atoms with Crippen LogP contribution in [0.3, 0.4) is 0 Å². The summed E-state index contributed by atoms with van der Waals surface area (Å²) in [7, 11) is -3.64. The van der Waals surface area contributed by atoms with E-state index in [1.807, 2.05) is 20.8 Å². The van der Waals surface area contributed by atoms with Crippen LogP contribution in [0, 0.1) is 11.3 Å².